The number of hydrogen-bond acceptors (Lipinski definition) is 5. The first-order valence-corrected chi connectivity index (χ1v) is 9.22. The van der Waals surface area contributed by atoms with Gasteiger partial charge in [-0.3, -0.25) is 9.36 Å². The van der Waals surface area contributed by atoms with E-state index in [2.05, 4.69) is 0 Å². The van der Waals surface area contributed by atoms with E-state index in [4.69, 9.17) is 9.15 Å². The Labute approximate surface area is 168 Å². The summed E-state index contributed by atoms with van der Waals surface area (Å²) in [5.41, 5.74) is 0.812. The molecule has 3 aromatic rings. The maximum absolute atomic E-state index is 12.8. The standard InChI is InChI=1S/C22H21N3O4/c1-4-25(17-10-6-5-7-11-17)20(26)16(3)29-22(27)19-15(2)28-21(18(19)14-23)24-12-8-9-13-24/h5-13,16H,4H2,1-3H3/t16-/m1/s1. The minimum Gasteiger partial charge on any atom is -0.449 e. The maximum Gasteiger partial charge on any atom is 0.343 e. The van der Waals surface area contributed by atoms with Crippen LogP contribution >= 0.6 is 0 Å². The zero-order valence-electron chi connectivity index (χ0n) is 16.5. The van der Waals surface area contributed by atoms with Gasteiger partial charge in [0.1, 0.15) is 23.0 Å². The van der Waals surface area contributed by atoms with Crippen molar-refractivity contribution in [1.82, 2.24) is 4.57 Å². The van der Waals surface area contributed by atoms with Crippen LogP contribution < -0.4 is 4.90 Å². The SMILES string of the molecule is CCN(C(=O)[C@@H](C)OC(=O)c1c(C)oc(-n2cccc2)c1C#N)c1ccccc1. The topological polar surface area (TPSA) is 88.5 Å². The van der Waals surface area contributed by atoms with Crippen LogP contribution in [0.15, 0.2) is 59.3 Å². The second-order valence-corrected chi connectivity index (χ2v) is 6.38. The molecule has 0 bridgehead atoms. The van der Waals surface area contributed by atoms with E-state index in [1.165, 1.54) is 11.8 Å². The summed E-state index contributed by atoms with van der Waals surface area (Å²) in [5.74, 6) is -0.630. The molecule has 0 aliphatic rings. The molecule has 0 unspecified atom stereocenters. The number of benzene rings is 1. The number of aromatic nitrogens is 1. The first-order chi connectivity index (χ1) is 14.0. The van der Waals surface area contributed by atoms with Crippen LogP contribution in [-0.4, -0.2) is 29.1 Å². The Kier molecular flexibility index (Phi) is 5.84. The van der Waals surface area contributed by atoms with Crippen LogP contribution in [-0.2, 0) is 9.53 Å². The number of furan rings is 1. The summed E-state index contributed by atoms with van der Waals surface area (Å²) in [4.78, 5) is 27.1. The third kappa shape index (κ3) is 3.92. The molecule has 0 N–H and O–H groups in total. The number of carbonyl (C=O) groups excluding carboxylic acids is 2. The second-order valence-electron chi connectivity index (χ2n) is 6.38. The average Bonchev–Trinajstić information content (AvgIpc) is 3.36. The molecule has 29 heavy (non-hydrogen) atoms. The summed E-state index contributed by atoms with van der Waals surface area (Å²) < 4.78 is 12.6. The van der Waals surface area contributed by atoms with E-state index in [0.29, 0.717) is 6.54 Å². The van der Waals surface area contributed by atoms with Gasteiger partial charge in [-0.15, -0.1) is 0 Å². The van der Waals surface area contributed by atoms with Crippen molar-refractivity contribution < 1.29 is 18.7 Å². The minimum absolute atomic E-state index is 0.0265. The first kappa shape index (κ1) is 20.0. The van der Waals surface area contributed by atoms with Crippen molar-refractivity contribution in [3.05, 3.63) is 71.7 Å². The fourth-order valence-electron chi connectivity index (χ4n) is 3.09. The summed E-state index contributed by atoms with van der Waals surface area (Å²) in [5, 5.41) is 9.57. The summed E-state index contributed by atoms with van der Waals surface area (Å²) >= 11 is 0. The van der Waals surface area contributed by atoms with Crippen molar-refractivity contribution in [2.45, 2.75) is 26.9 Å². The van der Waals surface area contributed by atoms with E-state index in [1.54, 1.807) is 36.0 Å². The smallest absolute Gasteiger partial charge is 0.343 e. The third-order valence-corrected chi connectivity index (χ3v) is 4.50. The molecule has 0 radical (unpaired) electrons. The molecule has 0 aliphatic carbocycles. The molecule has 0 saturated heterocycles. The van der Waals surface area contributed by atoms with Gasteiger partial charge in [0.2, 0.25) is 5.88 Å². The number of carbonyl (C=O) groups is 2. The van der Waals surface area contributed by atoms with E-state index in [1.807, 2.05) is 43.3 Å². The van der Waals surface area contributed by atoms with Crippen LogP contribution in [0.5, 0.6) is 0 Å². The van der Waals surface area contributed by atoms with Crippen molar-refractivity contribution in [3.63, 3.8) is 0 Å². The summed E-state index contributed by atoms with van der Waals surface area (Å²) in [7, 11) is 0. The van der Waals surface area contributed by atoms with Crippen molar-refractivity contribution in [1.29, 1.82) is 5.26 Å². The van der Waals surface area contributed by atoms with Crippen molar-refractivity contribution >= 4 is 17.6 Å². The predicted octanol–water partition coefficient (Wildman–Crippen LogP) is 3.85. The molecule has 0 saturated carbocycles. The van der Waals surface area contributed by atoms with Gasteiger partial charge in [0.15, 0.2) is 6.10 Å². The molecular weight excluding hydrogens is 370 g/mol. The highest BCUT2D eigenvalue weighted by Crippen LogP contribution is 2.26. The normalized spacial score (nSPS) is 11.5. The van der Waals surface area contributed by atoms with Gasteiger partial charge in [0, 0.05) is 24.6 Å². The van der Waals surface area contributed by atoms with Gasteiger partial charge in [-0.1, -0.05) is 18.2 Å². The molecule has 7 nitrogen and oxygen atoms in total. The Balaban J connectivity index is 1.83. The van der Waals surface area contributed by atoms with Crippen LogP contribution in [0.4, 0.5) is 5.69 Å². The van der Waals surface area contributed by atoms with Crippen molar-refractivity contribution in [3.8, 4) is 12.0 Å². The molecule has 1 amide bonds. The van der Waals surface area contributed by atoms with E-state index in [-0.39, 0.29) is 28.7 Å². The molecule has 1 atom stereocenters. The predicted molar refractivity (Wildman–Crippen MR) is 107 cm³/mol. The molecule has 0 spiro atoms. The Morgan fingerprint density at radius 3 is 2.45 bits per heavy atom. The lowest BCUT2D eigenvalue weighted by molar-refractivity contribution is -0.126. The van der Waals surface area contributed by atoms with Gasteiger partial charge in [-0.05, 0) is 45.0 Å². The van der Waals surface area contributed by atoms with Crippen LogP contribution in [0.1, 0.15) is 35.5 Å². The lowest BCUT2D eigenvalue weighted by Crippen LogP contribution is -2.40. The number of esters is 1. The Bertz CT molecular complexity index is 1050. The summed E-state index contributed by atoms with van der Waals surface area (Å²) in [6.07, 6.45) is 2.39. The number of aryl methyl sites for hydroxylation is 1. The van der Waals surface area contributed by atoms with Gasteiger partial charge in [0.25, 0.3) is 5.91 Å². The third-order valence-electron chi connectivity index (χ3n) is 4.50. The highest BCUT2D eigenvalue weighted by molar-refractivity contribution is 6.00. The minimum atomic E-state index is -1.03. The lowest BCUT2D eigenvalue weighted by atomic mass is 10.1. The number of ether oxygens (including phenoxy) is 1. The Hall–Kier alpha value is -3.79. The number of amides is 1. The number of para-hydroxylation sites is 1. The van der Waals surface area contributed by atoms with E-state index in [9.17, 15) is 14.9 Å². The fourth-order valence-corrected chi connectivity index (χ4v) is 3.09. The van der Waals surface area contributed by atoms with Crippen LogP contribution in [0.2, 0.25) is 0 Å². The van der Waals surface area contributed by atoms with Crippen LogP contribution in [0.25, 0.3) is 5.88 Å². The number of nitriles is 1. The first-order valence-electron chi connectivity index (χ1n) is 9.22. The lowest BCUT2D eigenvalue weighted by Gasteiger charge is -2.24. The van der Waals surface area contributed by atoms with Gasteiger partial charge >= 0.3 is 5.97 Å². The summed E-state index contributed by atoms with van der Waals surface area (Å²) in [6, 6.07) is 14.7. The summed E-state index contributed by atoms with van der Waals surface area (Å²) in [6.45, 7) is 5.37. The van der Waals surface area contributed by atoms with Crippen LogP contribution in [0, 0.1) is 18.3 Å². The van der Waals surface area contributed by atoms with E-state index < -0.39 is 12.1 Å². The number of anilines is 1. The monoisotopic (exact) mass is 391 g/mol. The molecule has 0 aliphatic heterocycles. The van der Waals surface area contributed by atoms with Gasteiger partial charge in [-0.25, -0.2) is 4.79 Å². The molecule has 2 aromatic heterocycles. The molecule has 148 valence electrons. The molecule has 1 aromatic carbocycles. The molecule has 7 heteroatoms. The number of nitrogens with zero attached hydrogens (tertiary/aromatic N) is 3. The van der Waals surface area contributed by atoms with Gasteiger partial charge in [-0.2, -0.15) is 5.26 Å². The van der Waals surface area contributed by atoms with Gasteiger partial charge < -0.3 is 14.1 Å². The zero-order valence-corrected chi connectivity index (χ0v) is 16.5. The van der Waals surface area contributed by atoms with E-state index in [0.717, 1.165) is 5.69 Å². The zero-order chi connectivity index (χ0) is 21.0. The molecule has 0 fully saturated rings. The number of hydrogen-bond donors (Lipinski definition) is 0. The number of likely N-dealkylation sites (N-methyl/N-ethyl adjacent to an activating group) is 1. The van der Waals surface area contributed by atoms with Crippen LogP contribution in [0.3, 0.4) is 0 Å². The van der Waals surface area contributed by atoms with Crippen molar-refractivity contribution in [2.24, 2.45) is 0 Å². The average molecular weight is 391 g/mol. The fraction of sp³-hybridized carbons (Fsp3) is 0.227. The Morgan fingerprint density at radius 1 is 1.21 bits per heavy atom. The largest absolute Gasteiger partial charge is 0.449 e. The van der Waals surface area contributed by atoms with E-state index >= 15 is 0 Å². The number of rotatable bonds is 6. The van der Waals surface area contributed by atoms with Crippen molar-refractivity contribution in [2.75, 3.05) is 11.4 Å². The highest BCUT2D eigenvalue weighted by Gasteiger charge is 2.30. The molecular formula is C22H21N3O4. The highest BCUT2D eigenvalue weighted by atomic mass is 16.5. The second kappa shape index (κ2) is 8.48. The molecule has 2 heterocycles. The molecule has 3 rings (SSSR count). The maximum atomic E-state index is 12.8. The Morgan fingerprint density at radius 2 is 1.86 bits per heavy atom. The quantitative estimate of drug-likeness (QED) is 0.596. The van der Waals surface area contributed by atoms with Gasteiger partial charge in [0.05, 0.1) is 0 Å².